The number of hydrogen-bond donors (Lipinski definition) is 2. The van der Waals surface area contributed by atoms with Gasteiger partial charge in [0, 0.05) is 6.54 Å². The van der Waals surface area contributed by atoms with E-state index >= 15 is 0 Å². The van der Waals surface area contributed by atoms with E-state index in [4.69, 9.17) is 4.74 Å². The van der Waals surface area contributed by atoms with E-state index in [1.807, 2.05) is 49.2 Å². The number of likely N-dealkylation sites (N-methyl/N-ethyl adjacent to an activating group) is 1. The smallest absolute Gasteiger partial charge is 0.242 e. The SMILES string of the molecule is CCN(C)C(C(=O)NCC(O)c1ccc(OC)cc1)c1ccccc1. The van der Waals surface area contributed by atoms with Gasteiger partial charge < -0.3 is 15.2 Å². The Hall–Kier alpha value is -2.37. The number of nitrogens with one attached hydrogen (secondary N) is 1. The van der Waals surface area contributed by atoms with Crippen molar-refractivity contribution in [2.75, 3.05) is 27.2 Å². The molecule has 0 saturated heterocycles. The second kappa shape index (κ2) is 9.20. The van der Waals surface area contributed by atoms with Gasteiger partial charge >= 0.3 is 0 Å². The normalized spacial score (nSPS) is 13.3. The summed E-state index contributed by atoms with van der Waals surface area (Å²) in [6.45, 7) is 2.91. The molecule has 0 saturated carbocycles. The molecule has 5 nitrogen and oxygen atoms in total. The number of methoxy groups -OCH3 is 1. The Kier molecular flexibility index (Phi) is 6.98. The van der Waals surface area contributed by atoms with Crippen molar-refractivity contribution in [3.63, 3.8) is 0 Å². The third kappa shape index (κ3) is 5.05. The van der Waals surface area contributed by atoms with Gasteiger partial charge in [0.1, 0.15) is 11.8 Å². The second-order valence-electron chi connectivity index (χ2n) is 5.92. The van der Waals surface area contributed by atoms with Crippen molar-refractivity contribution in [2.45, 2.75) is 19.1 Å². The zero-order valence-electron chi connectivity index (χ0n) is 15.0. The topological polar surface area (TPSA) is 61.8 Å². The largest absolute Gasteiger partial charge is 0.497 e. The first kappa shape index (κ1) is 19.0. The zero-order valence-corrected chi connectivity index (χ0v) is 15.0. The molecule has 0 aliphatic heterocycles. The van der Waals surface area contributed by atoms with E-state index in [2.05, 4.69) is 5.32 Å². The average Bonchev–Trinajstić information content (AvgIpc) is 2.67. The van der Waals surface area contributed by atoms with E-state index in [-0.39, 0.29) is 18.5 Å². The molecule has 0 aliphatic rings. The number of nitrogens with zero attached hydrogens (tertiary/aromatic N) is 1. The highest BCUT2D eigenvalue weighted by Gasteiger charge is 2.24. The molecule has 25 heavy (non-hydrogen) atoms. The number of benzene rings is 2. The van der Waals surface area contributed by atoms with Crippen LogP contribution in [0.3, 0.4) is 0 Å². The fraction of sp³-hybridized carbons (Fsp3) is 0.350. The van der Waals surface area contributed by atoms with E-state index in [0.717, 1.165) is 23.4 Å². The Morgan fingerprint density at radius 1 is 1.12 bits per heavy atom. The van der Waals surface area contributed by atoms with Gasteiger partial charge in [-0.15, -0.1) is 0 Å². The van der Waals surface area contributed by atoms with Crippen molar-refractivity contribution < 1.29 is 14.6 Å². The Bertz CT molecular complexity index is 658. The maximum atomic E-state index is 12.7. The third-order valence-corrected chi connectivity index (χ3v) is 4.27. The first-order chi connectivity index (χ1) is 12.1. The maximum absolute atomic E-state index is 12.7. The van der Waals surface area contributed by atoms with Gasteiger partial charge in [-0.2, -0.15) is 0 Å². The lowest BCUT2D eigenvalue weighted by Crippen LogP contribution is -2.40. The molecule has 0 spiro atoms. The van der Waals surface area contributed by atoms with E-state index < -0.39 is 6.10 Å². The molecule has 2 aromatic carbocycles. The van der Waals surface area contributed by atoms with Crippen LogP contribution in [0.4, 0.5) is 0 Å². The number of aliphatic hydroxyl groups is 1. The average molecular weight is 342 g/mol. The third-order valence-electron chi connectivity index (χ3n) is 4.27. The first-order valence-corrected chi connectivity index (χ1v) is 8.41. The molecule has 0 radical (unpaired) electrons. The van der Waals surface area contributed by atoms with Crippen molar-refractivity contribution in [3.8, 4) is 5.75 Å². The molecule has 5 heteroatoms. The van der Waals surface area contributed by atoms with Crippen LogP contribution < -0.4 is 10.1 Å². The van der Waals surface area contributed by atoms with Gasteiger partial charge in [0.05, 0.1) is 13.2 Å². The Labute approximate surface area is 149 Å². The van der Waals surface area contributed by atoms with Crippen LogP contribution in [-0.4, -0.2) is 43.2 Å². The summed E-state index contributed by atoms with van der Waals surface area (Å²) in [7, 11) is 3.51. The molecule has 2 rings (SSSR count). The number of rotatable bonds is 8. The lowest BCUT2D eigenvalue weighted by molar-refractivity contribution is -0.126. The van der Waals surface area contributed by atoms with Crippen LogP contribution in [0, 0.1) is 0 Å². The molecule has 134 valence electrons. The van der Waals surface area contributed by atoms with Crippen LogP contribution in [0.15, 0.2) is 54.6 Å². The molecular weight excluding hydrogens is 316 g/mol. The minimum atomic E-state index is -0.766. The number of carbonyl (C=O) groups excluding carboxylic acids is 1. The summed E-state index contributed by atoms with van der Waals surface area (Å²) in [5.41, 5.74) is 1.67. The Morgan fingerprint density at radius 3 is 2.32 bits per heavy atom. The molecule has 2 unspecified atom stereocenters. The van der Waals surface area contributed by atoms with Crippen molar-refractivity contribution in [2.24, 2.45) is 0 Å². The summed E-state index contributed by atoms with van der Waals surface area (Å²) >= 11 is 0. The number of hydrogen-bond acceptors (Lipinski definition) is 4. The first-order valence-electron chi connectivity index (χ1n) is 8.41. The van der Waals surface area contributed by atoms with Crippen LogP contribution in [0.1, 0.15) is 30.2 Å². The summed E-state index contributed by atoms with van der Waals surface area (Å²) in [5.74, 6) is 0.608. The molecule has 2 N–H and O–H groups in total. The van der Waals surface area contributed by atoms with Crippen molar-refractivity contribution in [1.29, 1.82) is 0 Å². The fourth-order valence-electron chi connectivity index (χ4n) is 2.66. The van der Waals surface area contributed by atoms with Crippen LogP contribution in [-0.2, 0) is 4.79 Å². The Balaban J connectivity index is 2.02. The van der Waals surface area contributed by atoms with Gasteiger partial charge in [-0.1, -0.05) is 49.4 Å². The monoisotopic (exact) mass is 342 g/mol. The molecule has 0 heterocycles. The highest BCUT2D eigenvalue weighted by Crippen LogP contribution is 2.20. The predicted molar refractivity (Wildman–Crippen MR) is 98.5 cm³/mol. The fourth-order valence-corrected chi connectivity index (χ4v) is 2.66. The van der Waals surface area contributed by atoms with E-state index in [0.29, 0.717) is 0 Å². The predicted octanol–water partition coefficient (Wildman–Crippen LogP) is 2.54. The summed E-state index contributed by atoms with van der Waals surface area (Å²) in [6.07, 6.45) is -0.766. The van der Waals surface area contributed by atoms with Gasteiger partial charge in [-0.05, 0) is 36.9 Å². The van der Waals surface area contributed by atoms with Gasteiger partial charge in [0.15, 0.2) is 0 Å². The molecule has 0 aromatic heterocycles. The summed E-state index contributed by atoms with van der Waals surface area (Å²) in [6, 6.07) is 16.4. The van der Waals surface area contributed by atoms with Gasteiger partial charge in [-0.25, -0.2) is 0 Å². The van der Waals surface area contributed by atoms with E-state index in [1.165, 1.54) is 0 Å². The quantitative estimate of drug-likeness (QED) is 0.774. The molecule has 0 fully saturated rings. The maximum Gasteiger partial charge on any atom is 0.242 e. The Morgan fingerprint density at radius 2 is 1.76 bits per heavy atom. The lowest BCUT2D eigenvalue weighted by Gasteiger charge is -2.27. The highest BCUT2D eigenvalue weighted by atomic mass is 16.5. The zero-order chi connectivity index (χ0) is 18.2. The molecule has 0 bridgehead atoms. The standard InChI is InChI=1S/C20H26N2O3/c1-4-22(2)19(16-8-6-5-7-9-16)20(24)21-14-18(23)15-10-12-17(25-3)13-11-15/h5-13,18-19,23H,4,14H2,1-3H3,(H,21,24). The second-order valence-corrected chi connectivity index (χ2v) is 5.92. The van der Waals surface area contributed by atoms with Gasteiger partial charge in [0.2, 0.25) is 5.91 Å². The molecule has 2 atom stereocenters. The summed E-state index contributed by atoms with van der Waals surface area (Å²) < 4.78 is 5.11. The van der Waals surface area contributed by atoms with Crippen molar-refractivity contribution in [3.05, 3.63) is 65.7 Å². The summed E-state index contributed by atoms with van der Waals surface area (Å²) in [4.78, 5) is 14.7. The lowest BCUT2D eigenvalue weighted by atomic mass is 10.0. The molecule has 0 aliphatic carbocycles. The number of aliphatic hydroxyl groups excluding tert-OH is 1. The van der Waals surface area contributed by atoms with Crippen molar-refractivity contribution in [1.82, 2.24) is 10.2 Å². The molecule has 2 aromatic rings. The van der Waals surface area contributed by atoms with Crippen LogP contribution >= 0.6 is 0 Å². The number of amides is 1. The van der Waals surface area contributed by atoms with Crippen LogP contribution in [0.25, 0.3) is 0 Å². The number of carbonyl (C=O) groups is 1. The van der Waals surface area contributed by atoms with Crippen LogP contribution in [0.5, 0.6) is 5.75 Å². The minimum Gasteiger partial charge on any atom is -0.497 e. The highest BCUT2D eigenvalue weighted by molar-refractivity contribution is 5.83. The number of ether oxygens (including phenoxy) is 1. The van der Waals surface area contributed by atoms with Gasteiger partial charge in [0.25, 0.3) is 0 Å². The minimum absolute atomic E-state index is 0.122. The molecule has 1 amide bonds. The molecular formula is C20H26N2O3. The van der Waals surface area contributed by atoms with Gasteiger partial charge in [-0.3, -0.25) is 9.69 Å². The van der Waals surface area contributed by atoms with E-state index in [1.54, 1.807) is 31.4 Å². The van der Waals surface area contributed by atoms with Crippen molar-refractivity contribution >= 4 is 5.91 Å². The van der Waals surface area contributed by atoms with E-state index in [9.17, 15) is 9.90 Å². The van der Waals surface area contributed by atoms with Crippen LogP contribution in [0.2, 0.25) is 0 Å². The summed E-state index contributed by atoms with van der Waals surface area (Å²) in [5, 5.41) is 13.2.